The first-order valence-electron chi connectivity index (χ1n) is 13.5. The van der Waals surface area contributed by atoms with Gasteiger partial charge in [-0.15, -0.1) is 29.5 Å². The number of benzene rings is 3. The van der Waals surface area contributed by atoms with Crippen molar-refractivity contribution < 1.29 is 34.4 Å². The third kappa shape index (κ3) is 6.20. The Bertz CT molecular complexity index is 2090. The van der Waals surface area contributed by atoms with Gasteiger partial charge in [-0.05, 0) is 49.7 Å². The Kier molecular flexibility index (Phi) is 8.97. The van der Waals surface area contributed by atoms with Crippen LogP contribution in [0.3, 0.4) is 0 Å². The van der Waals surface area contributed by atoms with Crippen molar-refractivity contribution in [2.75, 3.05) is 0 Å². The van der Waals surface area contributed by atoms with Gasteiger partial charge in [-0.3, -0.25) is 9.78 Å². The Morgan fingerprint density at radius 2 is 1.51 bits per heavy atom. The van der Waals surface area contributed by atoms with Crippen molar-refractivity contribution in [3.8, 4) is 32.8 Å². The minimum atomic E-state index is -0.125. The van der Waals surface area contributed by atoms with Crippen LogP contribution in [0.15, 0.2) is 113 Å². The molecule has 7 heteroatoms. The van der Waals surface area contributed by atoms with Crippen molar-refractivity contribution in [3.63, 3.8) is 0 Å². The summed E-state index contributed by atoms with van der Waals surface area (Å²) in [4.78, 5) is 21.9. The molecule has 0 fully saturated rings. The molecule has 0 saturated heterocycles. The van der Waals surface area contributed by atoms with E-state index < -0.39 is 0 Å². The van der Waals surface area contributed by atoms with Crippen LogP contribution in [0.1, 0.15) is 19.5 Å². The number of fused-ring (bicyclic) bond motifs is 4. The molecule has 0 aliphatic carbocycles. The van der Waals surface area contributed by atoms with Crippen molar-refractivity contribution in [3.05, 3.63) is 121 Å². The smallest absolute Gasteiger partial charge is 0.216 e. The maximum absolute atomic E-state index is 10.0. The summed E-state index contributed by atoms with van der Waals surface area (Å²) in [6.45, 7) is 4.82. The molecule has 1 N–H and O–H groups in total. The summed E-state index contributed by atoms with van der Waals surface area (Å²) in [5.41, 5.74) is 7.67. The molecule has 215 valence electrons. The van der Waals surface area contributed by atoms with E-state index in [2.05, 4.69) is 89.9 Å². The van der Waals surface area contributed by atoms with Gasteiger partial charge in [0.15, 0.2) is 5.78 Å². The molecule has 5 nitrogen and oxygen atoms in total. The molecule has 4 aromatic heterocycles. The minimum Gasteiger partial charge on any atom is -0.512 e. The number of aliphatic hydroxyl groups is 1. The molecule has 0 unspecified atom stereocenters. The molecular formula is C36H27IrN2O3S-. The first kappa shape index (κ1) is 30.1. The Morgan fingerprint density at radius 1 is 0.837 bits per heavy atom. The molecule has 1 radical (unpaired) electrons. The average Bonchev–Trinajstić information content (AvgIpc) is 3.55. The van der Waals surface area contributed by atoms with Gasteiger partial charge in [-0.25, -0.2) is 4.98 Å². The summed E-state index contributed by atoms with van der Waals surface area (Å²) in [6, 6.07) is 36.8. The number of ketones is 1. The van der Waals surface area contributed by atoms with E-state index in [1.807, 2.05) is 25.1 Å². The van der Waals surface area contributed by atoms with Crippen molar-refractivity contribution in [1.29, 1.82) is 0 Å². The van der Waals surface area contributed by atoms with Crippen molar-refractivity contribution in [2.24, 2.45) is 0 Å². The van der Waals surface area contributed by atoms with E-state index in [4.69, 9.17) is 14.5 Å². The number of carbonyl (C=O) groups is 1. The van der Waals surface area contributed by atoms with Crippen molar-refractivity contribution in [1.82, 2.24) is 9.97 Å². The second-order valence-electron chi connectivity index (χ2n) is 9.99. The zero-order chi connectivity index (χ0) is 29.2. The van der Waals surface area contributed by atoms with E-state index in [-0.39, 0.29) is 31.6 Å². The van der Waals surface area contributed by atoms with Gasteiger partial charge < -0.3 is 9.52 Å². The molecule has 43 heavy (non-hydrogen) atoms. The summed E-state index contributed by atoms with van der Waals surface area (Å²) < 4.78 is 6.22. The average molecular weight is 760 g/mol. The number of hydrogen-bond donors (Lipinski definition) is 1. The third-order valence-corrected chi connectivity index (χ3v) is 7.91. The van der Waals surface area contributed by atoms with Gasteiger partial charge in [-0.1, -0.05) is 83.7 Å². The van der Waals surface area contributed by atoms with E-state index >= 15 is 0 Å². The van der Waals surface area contributed by atoms with Crippen molar-refractivity contribution in [2.45, 2.75) is 20.8 Å². The number of thiophene rings is 1. The molecule has 0 amide bonds. The number of aliphatic hydroxyl groups excluding tert-OH is 1. The number of aromatic nitrogens is 2. The van der Waals surface area contributed by atoms with Gasteiger partial charge in [-0.2, -0.15) is 0 Å². The van der Waals surface area contributed by atoms with Crippen LogP contribution in [0.25, 0.3) is 65.1 Å². The normalized spacial score (nSPS) is 11.3. The summed E-state index contributed by atoms with van der Waals surface area (Å²) in [7, 11) is 0. The molecule has 0 spiro atoms. The van der Waals surface area contributed by atoms with Crippen LogP contribution in [-0.2, 0) is 24.9 Å². The number of nitrogens with zero attached hydrogens (tertiary/aromatic N) is 2. The van der Waals surface area contributed by atoms with Crippen LogP contribution in [0.4, 0.5) is 0 Å². The summed E-state index contributed by atoms with van der Waals surface area (Å²) in [5.74, 6) is -0.0625. The van der Waals surface area contributed by atoms with Crippen LogP contribution >= 0.6 is 11.3 Å². The number of carbonyl (C=O) groups excluding carboxylic acids is 1. The molecule has 0 aliphatic heterocycles. The Labute approximate surface area is 266 Å². The fourth-order valence-corrected chi connectivity index (χ4v) is 6.20. The summed E-state index contributed by atoms with van der Waals surface area (Å²) in [5, 5.41) is 11.6. The largest absolute Gasteiger partial charge is 0.512 e. The number of hydrogen-bond acceptors (Lipinski definition) is 6. The molecule has 0 atom stereocenters. The predicted molar refractivity (Wildman–Crippen MR) is 172 cm³/mol. The topological polar surface area (TPSA) is 76.2 Å². The number of furan rings is 1. The molecular weight excluding hydrogens is 733 g/mol. The van der Waals surface area contributed by atoms with Gasteiger partial charge in [0.2, 0.25) is 5.71 Å². The van der Waals surface area contributed by atoms with Gasteiger partial charge in [0.25, 0.3) is 0 Å². The molecule has 4 heterocycles. The summed E-state index contributed by atoms with van der Waals surface area (Å²) in [6.07, 6.45) is 1.17. The summed E-state index contributed by atoms with van der Waals surface area (Å²) >= 11 is 1.73. The molecule has 7 rings (SSSR count). The number of rotatable bonds is 4. The van der Waals surface area contributed by atoms with Crippen LogP contribution in [0.2, 0.25) is 0 Å². The van der Waals surface area contributed by atoms with E-state index in [0.717, 1.165) is 43.5 Å². The van der Waals surface area contributed by atoms with Crippen LogP contribution in [0, 0.1) is 13.0 Å². The Hall–Kier alpha value is -4.42. The van der Waals surface area contributed by atoms with Gasteiger partial charge >= 0.3 is 0 Å². The van der Waals surface area contributed by atoms with Crippen LogP contribution < -0.4 is 0 Å². The third-order valence-electron chi connectivity index (χ3n) is 6.76. The Morgan fingerprint density at radius 3 is 2.16 bits per heavy atom. The van der Waals surface area contributed by atoms with E-state index in [1.165, 1.54) is 41.5 Å². The molecule has 0 bridgehead atoms. The number of allylic oxidation sites excluding steroid dienone is 2. The van der Waals surface area contributed by atoms with E-state index in [9.17, 15) is 4.79 Å². The van der Waals surface area contributed by atoms with E-state index in [1.54, 1.807) is 11.3 Å². The standard InChI is InChI=1S/C31H19N2OS.C5H8O2.Ir/c1-19-15-16-23-22-13-8-14-24(28(22)34-30(23)32-19)26-18-17-25-27(20-9-4-2-5-10-20)29(35-31(25)33-26)21-11-6-3-7-12-21;1-4(6)3-5(2)7;/h2-13,15-18H,1H3;3,6H,1-2H3;/q-1;;/b;4-3-;. The van der Waals surface area contributed by atoms with E-state index in [0.29, 0.717) is 5.71 Å². The fourth-order valence-electron chi connectivity index (χ4n) is 5.00. The Balaban J connectivity index is 0.000000415. The zero-order valence-electron chi connectivity index (χ0n) is 23.7. The van der Waals surface area contributed by atoms with Gasteiger partial charge in [0.1, 0.15) is 4.83 Å². The number of aryl methyl sites for hydroxylation is 1. The van der Waals surface area contributed by atoms with Crippen LogP contribution in [0.5, 0.6) is 0 Å². The fraction of sp³-hybridized carbons (Fsp3) is 0.0833. The van der Waals surface area contributed by atoms with Crippen LogP contribution in [-0.4, -0.2) is 20.9 Å². The second kappa shape index (κ2) is 12.8. The second-order valence-corrected chi connectivity index (χ2v) is 11.0. The molecule has 7 aromatic rings. The maximum Gasteiger partial charge on any atom is 0.216 e. The zero-order valence-corrected chi connectivity index (χ0v) is 26.9. The molecule has 3 aromatic carbocycles. The SMILES string of the molecule is CC(=O)/C=C(/C)O.Cc1ccc2c(n1)oc1c(-c3ccc4c(-c5ccccc5)c(-c5ccccc5)sc4n3)[c-]ccc12.[Ir]. The first-order chi connectivity index (χ1) is 20.4. The van der Waals surface area contributed by atoms with Gasteiger partial charge in [0.05, 0.1) is 11.3 Å². The monoisotopic (exact) mass is 760 g/mol. The maximum atomic E-state index is 10.0. The number of pyridine rings is 2. The van der Waals surface area contributed by atoms with Crippen molar-refractivity contribution >= 4 is 49.4 Å². The molecule has 0 saturated carbocycles. The van der Waals surface area contributed by atoms with Gasteiger partial charge in [0, 0.05) is 53.1 Å². The first-order valence-corrected chi connectivity index (χ1v) is 14.3. The predicted octanol–water partition coefficient (Wildman–Crippen LogP) is 9.74. The quantitative estimate of drug-likeness (QED) is 0.110. The molecule has 0 aliphatic rings. The minimum absolute atomic E-state index is 0.